The van der Waals surface area contributed by atoms with Crippen molar-refractivity contribution in [1.82, 2.24) is 15.2 Å². The fourth-order valence-electron chi connectivity index (χ4n) is 3.15. The summed E-state index contributed by atoms with van der Waals surface area (Å²) in [6.07, 6.45) is 5.85. The number of nitrogens with one attached hydrogen (secondary N) is 1. The molecule has 0 aromatic carbocycles. The molecule has 1 aromatic heterocycles. The smallest absolute Gasteiger partial charge is 0.248 e. The maximum absolute atomic E-state index is 13.1. The predicted octanol–water partition coefficient (Wildman–Crippen LogP) is 3.76. The lowest BCUT2D eigenvalue weighted by Gasteiger charge is -2.26. The Labute approximate surface area is 105 Å². The van der Waals surface area contributed by atoms with E-state index in [-0.39, 0.29) is 18.8 Å². The van der Waals surface area contributed by atoms with Crippen LogP contribution in [0.2, 0.25) is 0 Å². The van der Waals surface area contributed by atoms with E-state index in [1.807, 2.05) is 0 Å². The van der Waals surface area contributed by atoms with Gasteiger partial charge in [-0.05, 0) is 25.7 Å². The molecule has 0 atom stereocenters. The lowest BCUT2D eigenvalue weighted by Crippen LogP contribution is -2.24. The average molecular weight is 255 g/mol. The van der Waals surface area contributed by atoms with Gasteiger partial charge in [-0.2, -0.15) is 5.10 Å². The van der Waals surface area contributed by atoms with Crippen LogP contribution in [0.4, 0.5) is 8.78 Å². The van der Waals surface area contributed by atoms with Crippen LogP contribution >= 0.6 is 0 Å². The van der Waals surface area contributed by atoms with Gasteiger partial charge in [-0.3, -0.25) is 5.10 Å². The molecule has 3 nitrogen and oxygen atoms in total. The predicted molar refractivity (Wildman–Crippen MR) is 63.7 cm³/mol. The van der Waals surface area contributed by atoms with E-state index in [4.69, 9.17) is 0 Å². The second-order valence-electron chi connectivity index (χ2n) is 5.69. The van der Waals surface area contributed by atoms with Crippen molar-refractivity contribution >= 4 is 0 Å². The van der Waals surface area contributed by atoms with Crippen LogP contribution in [-0.4, -0.2) is 21.1 Å². The molecule has 0 aliphatic heterocycles. The molecular formula is C13H19F2N3. The molecule has 0 saturated heterocycles. The van der Waals surface area contributed by atoms with Crippen LogP contribution in [0, 0.1) is 0 Å². The molecule has 0 amide bonds. The molecule has 1 N–H and O–H groups in total. The Bertz CT molecular complexity index is 400. The van der Waals surface area contributed by atoms with Crippen LogP contribution in [0.3, 0.4) is 0 Å². The largest absolute Gasteiger partial charge is 0.263 e. The van der Waals surface area contributed by atoms with E-state index in [2.05, 4.69) is 15.2 Å². The summed E-state index contributed by atoms with van der Waals surface area (Å²) in [5.74, 6) is -0.107. The highest BCUT2D eigenvalue weighted by Gasteiger charge is 2.36. The van der Waals surface area contributed by atoms with Crippen LogP contribution in [0.25, 0.3) is 0 Å². The number of rotatable bonds is 2. The minimum Gasteiger partial charge on any atom is -0.263 e. The summed E-state index contributed by atoms with van der Waals surface area (Å²) < 4.78 is 26.2. The van der Waals surface area contributed by atoms with Crippen LogP contribution in [-0.2, 0) is 0 Å². The van der Waals surface area contributed by atoms with Crippen LogP contribution in [0.15, 0.2) is 0 Å². The van der Waals surface area contributed by atoms with E-state index >= 15 is 0 Å². The van der Waals surface area contributed by atoms with Gasteiger partial charge in [0.1, 0.15) is 5.82 Å². The summed E-state index contributed by atoms with van der Waals surface area (Å²) in [6.45, 7) is 0. The van der Waals surface area contributed by atoms with Crippen molar-refractivity contribution in [2.24, 2.45) is 0 Å². The van der Waals surface area contributed by atoms with E-state index in [9.17, 15) is 8.78 Å². The Morgan fingerprint density at radius 2 is 1.67 bits per heavy atom. The number of hydrogen-bond donors (Lipinski definition) is 1. The molecular weight excluding hydrogens is 236 g/mol. The van der Waals surface area contributed by atoms with Crippen molar-refractivity contribution in [2.45, 2.75) is 69.1 Å². The summed E-state index contributed by atoms with van der Waals surface area (Å²) in [4.78, 5) is 4.55. The molecule has 100 valence electrons. The summed E-state index contributed by atoms with van der Waals surface area (Å²) >= 11 is 0. The van der Waals surface area contributed by atoms with Gasteiger partial charge in [0, 0.05) is 24.7 Å². The lowest BCUT2D eigenvalue weighted by atomic mass is 9.86. The SMILES string of the molecule is FC1(F)CCC(c2nc(C3CCCC3)n[nH]2)CC1. The maximum atomic E-state index is 13.1. The fourth-order valence-corrected chi connectivity index (χ4v) is 3.15. The number of hydrogen-bond acceptors (Lipinski definition) is 2. The molecule has 1 aromatic rings. The molecule has 5 heteroatoms. The van der Waals surface area contributed by atoms with Gasteiger partial charge in [-0.25, -0.2) is 13.8 Å². The van der Waals surface area contributed by atoms with Gasteiger partial charge < -0.3 is 0 Å². The first-order valence-corrected chi connectivity index (χ1v) is 6.94. The molecule has 18 heavy (non-hydrogen) atoms. The highest BCUT2D eigenvalue weighted by molar-refractivity contribution is 5.05. The van der Waals surface area contributed by atoms with Crippen LogP contribution in [0.5, 0.6) is 0 Å². The second kappa shape index (κ2) is 4.59. The van der Waals surface area contributed by atoms with Crippen molar-refractivity contribution in [3.05, 3.63) is 11.6 Å². The highest BCUT2D eigenvalue weighted by atomic mass is 19.3. The first-order chi connectivity index (χ1) is 8.64. The molecule has 0 radical (unpaired) electrons. The Balaban J connectivity index is 1.66. The quantitative estimate of drug-likeness (QED) is 0.874. The van der Waals surface area contributed by atoms with Gasteiger partial charge in [-0.1, -0.05) is 12.8 Å². The molecule has 0 spiro atoms. The van der Waals surface area contributed by atoms with Gasteiger partial charge in [0.25, 0.3) is 0 Å². The zero-order chi connectivity index (χ0) is 12.6. The van der Waals surface area contributed by atoms with Crippen molar-refractivity contribution in [3.8, 4) is 0 Å². The average Bonchev–Trinajstić information content (AvgIpc) is 2.99. The normalized spacial score (nSPS) is 25.7. The topological polar surface area (TPSA) is 41.6 Å². The molecule has 2 aliphatic carbocycles. The van der Waals surface area contributed by atoms with Gasteiger partial charge in [-0.15, -0.1) is 0 Å². The third-order valence-corrected chi connectivity index (χ3v) is 4.34. The van der Waals surface area contributed by atoms with E-state index in [1.54, 1.807) is 0 Å². The fraction of sp³-hybridized carbons (Fsp3) is 0.846. The summed E-state index contributed by atoms with van der Waals surface area (Å²) in [7, 11) is 0. The van der Waals surface area contributed by atoms with E-state index in [0.29, 0.717) is 18.8 Å². The Kier molecular flexibility index (Phi) is 3.08. The Hall–Kier alpha value is -1.00. The van der Waals surface area contributed by atoms with Crippen LogP contribution in [0.1, 0.15) is 74.9 Å². The Morgan fingerprint density at radius 3 is 2.33 bits per heavy atom. The van der Waals surface area contributed by atoms with E-state index < -0.39 is 5.92 Å². The first kappa shape index (κ1) is 12.1. The van der Waals surface area contributed by atoms with Crippen LogP contribution < -0.4 is 0 Å². The van der Waals surface area contributed by atoms with Crippen molar-refractivity contribution in [2.75, 3.05) is 0 Å². The minimum absolute atomic E-state index is 0.0167. The first-order valence-electron chi connectivity index (χ1n) is 6.94. The second-order valence-corrected chi connectivity index (χ2v) is 5.69. The Morgan fingerprint density at radius 1 is 1.00 bits per heavy atom. The molecule has 2 fully saturated rings. The standard InChI is InChI=1S/C13H19F2N3/c14-13(15)7-5-10(6-8-13)12-16-11(17-18-12)9-3-1-2-4-9/h9-10H,1-8H2,(H,16,17,18). The van der Waals surface area contributed by atoms with Gasteiger partial charge in [0.2, 0.25) is 5.92 Å². The third-order valence-electron chi connectivity index (χ3n) is 4.34. The maximum Gasteiger partial charge on any atom is 0.248 e. The lowest BCUT2D eigenvalue weighted by molar-refractivity contribution is -0.0387. The summed E-state index contributed by atoms with van der Waals surface area (Å²) in [5.41, 5.74) is 0. The number of halogens is 2. The monoisotopic (exact) mass is 255 g/mol. The number of H-pyrrole nitrogens is 1. The number of alkyl halides is 2. The molecule has 3 rings (SSSR count). The number of nitrogens with zero attached hydrogens (tertiary/aromatic N) is 2. The highest BCUT2D eigenvalue weighted by Crippen LogP contribution is 2.40. The molecule has 0 unspecified atom stereocenters. The van der Waals surface area contributed by atoms with E-state index in [1.165, 1.54) is 25.7 Å². The molecule has 0 bridgehead atoms. The summed E-state index contributed by atoms with van der Waals surface area (Å²) in [6, 6.07) is 0. The molecule has 2 saturated carbocycles. The molecule has 2 aliphatic rings. The van der Waals surface area contributed by atoms with Crippen molar-refractivity contribution in [3.63, 3.8) is 0 Å². The number of aromatic nitrogens is 3. The van der Waals surface area contributed by atoms with Gasteiger partial charge in [0.15, 0.2) is 5.82 Å². The van der Waals surface area contributed by atoms with E-state index in [0.717, 1.165) is 11.6 Å². The molecule has 1 heterocycles. The summed E-state index contributed by atoms with van der Waals surface area (Å²) in [5, 5.41) is 7.26. The minimum atomic E-state index is -2.47. The third kappa shape index (κ3) is 2.40. The number of aromatic amines is 1. The van der Waals surface area contributed by atoms with Gasteiger partial charge in [0.05, 0.1) is 0 Å². The zero-order valence-electron chi connectivity index (χ0n) is 10.5. The van der Waals surface area contributed by atoms with Crippen molar-refractivity contribution < 1.29 is 8.78 Å². The zero-order valence-corrected chi connectivity index (χ0v) is 10.5. The van der Waals surface area contributed by atoms with Gasteiger partial charge >= 0.3 is 0 Å². The van der Waals surface area contributed by atoms with Crippen molar-refractivity contribution in [1.29, 1.82) is 0 Å².